The van der Waals surface area contributed by atoms with Gasteiger partial charge in [0.05, 0.1) is 17.6 Å². The SMILES string of the molecule is [C-]#[N+]c1cc(-c2nc(-c3ccccc3)nc(-c3ccccc3)n2)cc(-n2c3ccccc3c3cc4c(cc32)C(C)(C)c2ccc3ccccc3c2-4)c1. The summed E-state index contributed by atoms with van der Waals surface area (Å²) in [7, 11) is 0. The molecule has 0 saturated heterocycles. The van der Waals surface area contributed by atoms with Gasteiger partial charge in [-0.25, -0.2) is 19.8 Å². The van der Waals surface area contributed by atoms with Gasteiger partial charge in [-0.15, -0.1) is 0 Å². The summed E-state index contributed by atoms with van der Waals surface area (Å²) in [4.78, 5) is 18.8. The van der Waals surface area contributed by atoms with Crippen LogP contribution in [0.3, 0.4) is 0 Å². The fourth-order valence-electron chi connectivity index (χ4n) is 8.10. The molecule has 10 rings (SSSR count). The largest absolute Gasteiger partial charge is 0.310 e. The second-order valence-electron chi connectivity index (χ2n) is 14.0. The summed E-state index contributed by atoms with van der Waals surface area (Å²) >= 11 is 0. The van der Waals surface area contributed by atoms with Crippen LogP contribution < -0.4 is 0 Å². The summed E-state index contributed by atoms with van der Waals surface area (Å²) in [6.07, 6.45) is 0. The number of hydrogen-bond donors (Lipinski definition) is 0. The number of rotatable bonds is 4. The highest BCUT2D eigenvalue weighted by atomic mass is 15.0. The summed E-state index contributed by atoms with van der Waals surface area (Å²) in [6.45, 7) is 12.8. The van der Waals surface area contributed by atoms with Crippen LogP contribution in [0, 0.1) is 6.57 Å². The van der Waals surface area contributed by atoms with E-state index in [4.69, 9.17) is 21.5 Å². The molecule has 1 aliphatic carbocycles. The highest BCUT2D eigenvalue weighted by Gasteiger charge is 2.37. The van der Waals surface area contributed by atoms with Gasteiger partial charge in [0, 0.05) is 38.6 Å². The van der Waals surface area contributed by atoms with Crippen molar-refractivity contribution in [2.75, 3.05) is 0 Å². The molecule has 9 aromatic rings. The smallest absolute Gasteiger partial charge is 0.190 e. The van der Waals surface area contributed by atoms with Crippen molar-refractivity contribution in [3.8, 4) is 51.0 Å². The lowest BCUT2D eigenvalue weighted by Gasteiger charge is -2.22. The van der Waals surface area contributed by atoms with Gasteiger partial charge < -0.3 is 4.57 Å². The van der Waals surface area contributed by atoms with Gasteiger partial charge in [0.2, 0.25) is 0 Å². The fraction of sp³-hybridized carbons (Fsp3) is 0.0638. The van der Waals surface area contributed by atoms with Crippen molar-refractivity contribution in [3.05, 3.63) is 174 Å². The lowest BCUT2D eigenvalue weighted by Crippen LogP contribution is -2.15. The van der Waals surface area contributed by atoms with E-state index in [1.165, 1.54) is 43.8 Å². The van der Waals surface area contributed by atoms with Crippen LogP contribution in [0.15, 0.2) is 152 Å². The molecule has 0 atom stereocenters. The number of hydrogen-bond acceptors (Lipinski definition) is 3. The van der Waals surface area contributed by atoms with Crippen LogP contribution in [0.4, 0.5) is 5.69 Å². The average Bonchev–Trinajstić information content (AvgIpc) is 3.65. The van der Waals surface area contributed by atoms with Crippen LogP contribution in [0.1, 0.15) is 25.0 Å². The summed E-state index contributed by atoms with van der Waals surface area (Å²) in [5, 5.41) is 4.88. The van der Waals surface area contributed by atoms with Crippen molar-refractivity contribution < 1.29 is 0 Å². The molecule has 0 radical (unpaired) electrons. The predicted octanol–water partition coefficient (Wildman–Crippen LogP) is 12.0. The van der Waals surface area contributed by atoms with Gasteiger partial charge in [-0.3, -0.25) is 0 Å². The third kappa shape index (κ3) is 4.51. The van der Waals surface area contributed by atoms with Crippen LogP contribution in [-0.2, 0) is 5.41 Å². The maximum Gasteiger partial charge on any atom is 0.190 e. The third-order valence-electron chi connectivity index (χ3n) is 10.6. The van der Waals surface area contributed by atoms with Crippen molar-refractivity contribution in [1.29, 1.82) is 0 Å². The van der Waals surface area contributed by atoms with Gasteiger partial charge in [0.15, 0.2) is 23.2 Å². The van der Waals surface area contributed by atoms with Crippen molar-refractivity contribution in [2.45, 2.75) is 19.3 Å². The first-order valence-corrected chi connectivity index (χ1v) is 17.5. The van der Waals surface area contributed by atoms with Crippen LogP contribution in [0.2, 0.25) is 0 Å². The number of para-hydroxylation sites is 1. The summed E-state index contributed by atoms with van der Waals surface area (Å²) < 4.78 is 2.30. The highest BCUT2D eigenvalue weighted by molar-refractivity contribution is 6.13. The lowest BCUT2D eigenvalue weighted by molar-refractivity contribution is 0.661. The molecule has 5 nitrogen and oxygen atoms in total. The van der Waals surface area contributed by atoms with Gasteiger partial charge in [-0.2, -0.15) is 0 Å². The normalized spacial score (nSPS) is 12.9. The Balaban J connectivity index is 1.23. The van der Waals surface area contributed by atoms with Gasteiger partial charge in [0.25, 0.3) is 0 Å². The zero-order valence-corrected chi connectivity index (χ0v) is 28.7. The van der Waals surface area contributed by atoms with E-state index in [1.807, 2.05) is 72.8 Å². The first-order valence-electron chi connectivity index (χ1n) is 17.5. The first-order chi connectivity index (χ1) is 25.5. The van der Waals surface area contributed by atoms with Gasteiger partial charge in [-0.1, -0.05) is 129 Å². The molecule has 1 aliphatic rings. The Morgan fingerprint density at radius 3 is 1.83 bits per heavy atom. The Labute approximate surface area is 301 Å². The van der Waals surface area contributed by atoms with Crippen LogP contribution in [0.5, 0.6) is 0 Å². The molecule has 0 amide bonds. The minimum absolute atomic E-state index is 0.194. The number of aromatic nitrogens is 4. The fourth-order valence-corrected chi connectivity index (χ4v) is 8.10. The number of nitrogens with zero attached hydrogens (tertiary/aromatic N) is 5. The quantitative estimate of drug-likeness (QED) is 0.176. The minimum atomic E-state index is -0.194. The van der Waals surface area contributed by atoms with E-state index in [0.717, 1.165) is 33.4 Å². The Kier molecular flexibility index (Phi) is 6.52. The Hall–Kier alpha value is -6.90. The molecule has 0 aliphatic heterocycles. The van der Waals surface area contributed by atoms with Crippen LogP contribution in [0.25, 0.3) is 88.4 Å². The molecule has 0 fully saturated rings. The van der Waals surface area contributed by atoms with E-state index >= 15 is 0 Å². The van der Waals surface area contributed by atoms with Crippen LogP contribution >= 0.6 is 0 Å². The standard InChI is InChI=1S/C47H31N5/c1-47(2)39-23-22-29-14-10-11-19-35(29)43(39)38-27-37-36-20-12-13-21-41(36)52(42(37)28-40(38)47)34-25-32(24-33(26-34)48-3)46-50-44(30-15-6-4-7-16-30)49-45(51-46)31-17-8-5-9-18-31/h4-28H,1-2H3. The molecule has 5 heteroatoms. The van der Waals surface area contributed by atoms with Crippen molar-refractivity contribution >= 4 is 38.3 Å². The zero-order chi connectivity index (χ0) is 35.0. The molecule has 0 N–H and O–H groups in total. The average molecular weight is 666 g/mol. The Morgan fingerprint density at radius 1 is 0.519 bits per heavy atom. The van der Waals surface area contributed by atoms with Crippen molar-refractivity contribution in [2.24, 2.45) is 0 Å². The number of benzene rings is 7. The molecule has 244 valence electrons. The Morgan fingerprint density at radius 2 is 1.13 bits per heavy atom. The molecule has 0 saturated carbocycles. The number of fused-ring (bicyclic) bond motifs is 8. The summed E-state index contributed by atoms with van der Waals surface area (Å²) in [5.41, 5.74) is 11.2. The van der Waals surface area contributed by atoms with E-state index in [9.17, 15) is 0 Å². The van der Waals surface area contributed by atoms with Crippen molar-refractivity contribution in [1.82, 2.24) is 19.5 Å². The third-order valence-corrected chi connectivity index (χ3v) is 10.6. The molecule has 2 aromatic heterocycles. The van der Waals surface area contributed by atoms with Crippen molar-refractivity contribution in [3.63, 3.8) is 0 Å². The second-order valence-corrected chi connectivity index (χ2v) is 14.0. The topological polar surface area (TPSA) is 48.0 Å². The summed E-state index contributed by atoms with van der Waals surface area (Å²) in [6, 6.07) is 52.5. The molecular formula is C47H31N5. The molecular weight excluding hydrogens is 635 g/mol. The molecule has 7 aromatic carbocycles. The van der Waals surface area contributed by atoms with Gasteiger partial charge in [0.1, 0.15) is 0 Å². The monoisotopic (exact) mass is 665 g/mol. The van der Waals surface area contributed by atoms with E-state index in [1.54, 1.807) is 0 Å². The first kappa shape index (κ1) is 30.0. The zero-order valence-electron chi connectivity index (χ0n) is 28.7. The van der Waals surface area contributed by atoms with E-state index in [-0.39, 0.29) is 5.41 Å². The Bertz CT molecular complexity index is 2880. The van der Waals surface area contributed by atoms with Gasteiger partial charge >= 0.3 is 0 Å². The molecule has 52 heavy (non-hydrogen) atoms. The summed E-state index contributed by atoms with van der Waals surface area (Å²) in [5.74, 6) is 1.69. The molecule has 2 heterocycles. The molecule has 0 bridgehead atoms. The minimum Gasteiger partial charge on any atom is -0.310 e. The van der Waals surface area contributed by atoms with E-state index in [2.05, 4.69) is 102 Å². The van der Waals surface area contributed by atoms with E-state index < -0.39 is 0 Å². The molecule has 0 spiro atoms. The van der Waals surface area contributed by atoms with Crippen LogP contribution in [-0.4, -0.2) is 19.5 Å². The lowest BCUT2D eigenvalue weighted by atomic mass is 9.82. The van der Waals surface area contributed by atoms with Gasteiger partial charge in [-0.05, 0) is 69.4 Å². The highest BCUT2D eigenvalue weighted by Crippen LogP contribution is 2.53. The predicted molar refractivity (Wildman–Crippen MR) is 212 cm³/mol. The second kappa shape index (κ2) is 11.3. The molecule has 0 unspecified atom stereocenters. The van der Waals surface area contributed by atoms with E-state index in [0.29, 0.717) is 23.2 Å². The maximum atomic E-state index is 8.16. The maximum absolute atomic E-state index is 8.16.